The SMILES string of the molecule is COC(=O)c1c(O)cc(OCC(O)c2ccc3c(c2)C(C)(C)CCC3(C)C)cc1O. The van der Waals surface area contributed by atoms with Crippen molar-refractivity contribution in [1.29, 1.82) is 0 Å². The van der Waals surface area contributed by atoms with Crippen molar-refractivity contribution in [3.05, 3.63) is 52.6 Å². The van der Waals surface area contributed by atoms with Gasteiger partial charge in [0.25, 0.3) is 0 Å². The summed E-state index contributed by atoms with van der Waals surface area (Å²) in [4.78, 5) is 11.6. The zero-order valence-corrected chi connectivity index (χ0v) is 18.2. The number of carbonyl (C=O) groups is 1. The number of methoxy groups -OCH3 is 1. The second kappa shape index (κ2) is 7.84. The molecule has 0 aliphatic heterocycles. The first kappa shape index (κ1) is 22.0. The third-order valence-corrected chi connectivity index (χ3v) is 6.13. The van der Waals surface area contributed by atoms with Gasteiger partial charge >= 0.3 is 5.97 Å². The zero-order valence-electron chi connectivity index (χ0n) is 18.2. The highest BCUT2D eigenvalue weighted by molar-refractivity contribution is 5.95. The highest BCUT2D eigenvalue weighted by Crippen LogP contribution is 2.46. The monoisotopic (exact) mass is 414 g/mol. The van der Waals surface area contributed by atoms with Crippen LogP contribution in [0.2, 0.25) is 0 Å². The van der Waals surface area contributed by atoms with Crippen molar-refractivity contribution < 1.29 is 29.6 Å². The van der Waals surface area contributed by atoms with Crippen molar-refractivity contribution in [2.24, 2.45) is 0 Å². The van der Waals surface area contributed by atoms with E-state index in [9.17, 15) is 20.1 Å². The molecule has 1 unspecified atom stereocenters. The lowest BCUT2D eigenvalue weighted by molar-refractivity contribution is 0.0593. The van der Waals surface area contributed by atoms with Crippen LogP contribution in [0.3, 0.4) is 0 Å². The maximum Gasteiger partial charge on any atom is 0.345 e. The molecule has 6 heteroatoms. The van der Waals surface area contributed by atoms with Gasteiger partial charge in [0.2, 0.25) is 0 Å². The van der Waals surface area contributed by atoms with Gasteiger partial charge in [0.1, 0.15) is 35.5 Å². The smallest absolute Gasteiger partial charge is 0.345 e. The number of hydrogen-bond acceptors (Lipinski definition) is 6. The number of fused-ring (bicyclic) bond motifs is 1. The molecule has 2 aromatic carbocycles. The molecule has 3 N–H and O–H groups in total. The molecule has 0 spiro atoms. The number of aliphatic hydroxyl groups is 1. The van der Waals surface area contributed by atoms with Gasteiger partial charge in [-0.05, 0) is 40.4 Å². The van der Waals surface area contributed by atoms with E-state index in [1.165, 1.54) is 23.3 Å². The number of phenols is 2. The summed E-state index contributed by atoms with van der Waals surface area (Å²) >= 11 is 0. The molecule has 3 rings (SSSR count). The van der Waals surface area contributed by atoms with Gasteiger partial charge < -0.3 is 24.8 Å². The number of hydrogen-bond donors (Lipinski definition) is 3. The molecule has 0 aromatic heterocycles. The number of benzene rings is 2. The van der Waals surface area contributed by atoms with Crippen molar-refractivity contribution in [3.63, 3.8) is 0 Å². The molecule has 2 aromatic rings. The molecular formula is C24H30O6. The topological polar surface area (TPSA) is 96.2 Å². The van der Waals surface area contributed by atoms with E-state index >= 15 is 0 Å². The predicted octanol–water partition coefficient (Wildman–Crippen LogP) is 4.35. The van der Waals surface area contributed by atoms with Gasteiger partial charge in [0, 0.05) is 12.1 Å². The Labute approximate surface area is 177 Å². The summed E-state index contributed by atoms with van der Waals surface area (Å²) in [6.07, 6.45) is 1.31. The first-order chi connectivity index (χ1) is 14.0. The minimum Gasteiger partial charge on any atom is -0.507 e. The molecule has 0 radical (unpaired) electrons. The molecule has 1 atom stereocenters. The van der Waals surface area contributed by atoms with Crippen LogP contribution in [0, 0.1) is 0 Å². The number of carbonyl (C=O) groups excluding carboxylic acids is 1. The van der Waals surface area contributed by atoms with E-state index in [-0.39, 0.29) is 28.7 Å². The van der Waals surface area contributed by atoms with E-state index in [0.29, 0.717) is 0 Å². The first-order valence-electron chi connectivity index (χ1n) is 10.1. The number of ether oxygens (including phenoxy) is 2. The summed E-state index contributed by atoms with van der Waals surface area (Å²) in [6, 6.07) is 8.48. The number of esters is 1. The van der Waals surface area contributed by atoms with Crippen molar-refractivity contribution in [1.82, 2.24) is 0 Å². The van der Waals surface area contributed by atoms with Gasteiger partial charge in [0.05, 0.1) is 7.11 Å². The zero-order chi connectivity index (χ0) is 22.3. The lowest BCUT2D eigenvalue weighted by Crippen LogP contribution is -2.34. The van der Waals surface area contributed by atoms with E-state index in [1.807, 2.05) is 6.07 Å². The van der Waals surface area contributed by atoms with E-state index in [4.69, 9.17) is 4.74 Å². The summed E-state index contributed by atoms with van der Waals surface area (Å²) in [7, 11) is 1.16. The molecule has 0 heterocycles. The second-order valence-corrected chi connectivity index (χ2v) is 9.23. The van der Waals surface area contributed by atoms with Crippen LogP contribution in [0.15, 0.2) is 30.3 Å². The third-order valence-electron chi connectivity index (χ3n) is 6.13. The molecule has 162 valence electrons. The molecule has 6 nitrogen and oxygen atoms in total. The Kier molecular flexibility index (Phi) is 5.74. The molecule has 0 bridgehead atoms. The summed E-state index contributed by atoms with van der Waals surface area (Å²) in [5, 5.41) is 30.7. The van der Waals surface area contributed by atoms with Gasteiger partial charge in [-0.3, -0.25) is 0 Å². The molecule has 1 aliphatic carbocycles. The molecule has 0 fully saturated rings. The highest BCUT2D eigenvalue weighted by Gasteiger charge is 2.37. The van der Waals surface area contributed by atoms with Crippen LogP contribution in [0.4, 0.5) is 0 Å². The van der Waals surface area contributed by atoms with E-state index in [0.717, 1.165) is 25.5 Å². The maximum absolute atomic E-state index is 11.6. The largest absolute Gasteiger partial charge is 0.507 e. The summed E-state index contributed by atoms with van der Waals surface area (Å²) in [5.41, 5.74) is 3.10. The maximum atomic E-state index is 11.6. The van der Waals surface area contributed by atoms with Gasteiger partial charge in [-0.25, -0.2) is 4.79 Å². The van der Waals surface area contributed by atoms with Crippen LogP contribution in [0.25, 0.3) is 0 Å². The number of aromatic hydroxyl groups is 2. The standard InChI is InChI=1S/C24H30O6/c1-23(2)8-9-24(3,4)17-10-14(6-7-16(17)23)20(27)13-30-15-11-18(25)21(19(26)12-15)22(28)29-5/h6-7,10-12,20,25-27H,8-9,13H2,1-5H3. The Balaban J connectivity index is 1.79. The molecule has 0 saturated heterocycles. The lowest BCUT2D eigenvalue weighted by Gasteiger charge is -2.42. The van der Waals surface area contributed by atoms with Crippen molar-refractivity contribution in [3.8, 4) is 17.2 Å². The average Bonchev–Trinajstić information content (AvgIpc) is 2.68. The number of aliphatic hydroxyl groups excluding tert-OH is 1. The molecule has 30 heavy (non-hydrogen) atoms. The van der Waals surface area contributed by atoms with Crippen molar-refractivity contribution >= 4 is 5.97 Å². The quantitative estimate of drug-likeness (QED) is 0.630. The van der Waals surface area contributed by atoms with Gasteiger partial charge in [0.15, 0.2) is 0 Å². The molecule has 1 aliphatic rings. The average molecular weight is 414 g/mol. The Bertz CT molecular complexity index is 937. The second-order valence-electron chi connectivity index (χ2n) is 9.23. The fourth-order valence-corrected chi connectivity index (χ4v) is 4.07. The fourth-order valence-electron chi connectivity index (χ4n) is 4.07. The third kappa shape index (κ3) is 4.10. The molecule has 0 saturated carbocycles. The Hall–Kier alpha value is -2.73. The van der Waals surface area contributed by atoms with E-state index in [1.54, 1.807) is 0 Å². The first-order valence-corrected chi connectivity index (χ1v) is 10.1. The van der Waals surface area contributed by atoms with Crippen molar-refractivity contribution in [2.45, 2.75) is 57.5 Å². The van der Waals surface area contributed by atoms with Crippen LogP contribution >= 0.6 is 0 Å². The summed E-state index contributed by atoms with van der Waals surface area (Å²) < 4.78 is 10.1. The highest BCUT2D eigenvalue weighted by atomic mass is 16.5. The van der Waals surface area contributed by atoms with Gasteiger partial charge in [-0.1, -0.05) is 45.9 Å². The predicted molar refractivity (Wildman–Crippen MR) is 113 cm³/mol. The van der Waals surface area contributed by atoms with Gasteiger partial charge in [-0.2, -0.15) is 0 Å². The van der Waals surface area contributed by atoms with E-state index < -0.39 is 23.6 Å². The lowest BCUT2D eigenvalue weighted by atomic mass is 9.63. The van der Waals surface area contributed by atoms with Crippen LogP contribution < -0.4 is 4.74 Å². The summed E-state index contributed by atoms with van der Waals surface area (Å²) in [5.74, 6) is -1.62. The van der Waals surface area contributed by atoms with E-state index in [2.05, 4.69) is 44.6 Å². The normalized spacial score (nSPS) is 17.7. The fraction of sp³-hybridized carbons (Fsp3) is 0.458. The summed E-state index contributed by atoms with van der Waals surface area (Å²) in [6.45, 7) is 8.87. The van der Waals surface area contributed by atoms with Crippen LogP contribution in [-0.2, 0) is 15.6 Å². The Morgan fingerprint density at radius 2 is 1.57 bits per heavy atom. The minimum absolute atomic E-state index is 0.0305. The number of rotatable bonds is 5. The van der Waals surface area contributed by atoms with Crippen LogP contribution in [0.1, 0.15) is 73.7 Å². The minimum atomic E-state index is -0.888. The van der Waals surface area contributed by atoms with Gasteiger partial charge in [-0.15, -0.1) is 0 Å². The molecule has 0 amide bonds. The molecular weight excluding hydrogens is 384 g/mol. The Morgan fingerprint density at radius 3 is 2.13 bits per heavy atom. The van der Waals surface area contributed by atoms with Crippen molar-refractivity contribution in [2.75, 3.05) is 13.7 Å². The Morgan fingerprint density at radius 1 is 1.00 bits per heavy atom. The van der Waals surface area contributed by atoms with Crippen LogP contribution in [0.5, 0.6) is 17.2 Å². The number of phenolic OH excluding ortho intramolecular Hbond substituents is 2. The van der Waals surface area contributed by atoms with Crippen LogP contribution in [-0.4, -0.2) is 35.0 Å².